The Morgan fingerprint density at radius 2 is 1.48 bits per heavy atom. The molecule has 0 saturated carbocycles. The summed E-state index contributed by atoms with van der Waals surface area (Å²) in [6.07, 6.45) is 0.382. The molecule has 25 heavy (non-hydrogen) atoms. The first-order valence-corrected chi connectivity index (χ1v) is 7.50. The van der Waals surface area contributed by atoms with Crippen molar-refractivity contribution in [2.75, 3.05) is 12.3 Å². The van der Waals surface area contributed by atoms with Crippen molar-refractivity contribution in [3.63, 3.8) is 0 Å². The summed E-state index contributed by atoms with van der Waals surface area (Å²) in [5.41, 5.74) is 3.15. The summed E-state index contributed by atoms with van der Waals surface area (Å²) in [5.74, 6) is -9.17. The van der Waals surface area contributed by atoms with Crippen molar-refractivity contribution < 1.29 is 31.9 Å². The van der Waals surface area contributed by atoms with Crippen LogP contribution in [0.25, 0.3) is 0 Å². The van der Waals surface area contributed by atoms with E-state index >= 15 is 0 Å². The molecular weight excluding hydrogens is 344 g/mol. The lowest BCUT2D eigenvalue weighted by Gasteiger charge is -2.27. The highest BCUT2D eigenvalue weighted by molar-refractivity contribution is 5.90. The topological polar surface area (TPSA) is 73.6 Å². The second-order valence-electron chi connectivity index (χ2n) is 7.13. The van der Waals surface area contributed by atoms with Gasteiger partial charge in [-0.2, -0.15) is 0 Å². The second kappa shape index (κ2) is 7.57. The SMILES string of the molecule is CC(C)(CCOC(C)(C)C)NOC(=O)c1c(F)c(F)c(N)c(F)c1F. The highest BCUT2D eigenvalue weighted by atomic mass is 19.2. The van der Waals surface area contributed by atoms with Crippen LogP contribution in [0.2, 0.25) is 0 Å². The predicted octanol–water partition coefficient (Wildman–Crippen LogP) is 3.47. The number of hydroxylamine groups is 1. The highest BCUT2D eigenvalue weighted by Gasteiger charge is 2.31. The zero-order valence-electron chi connectivity index (χ0n) is 14.7. The van der Waals surface area contributed by atoms with Crippen LogP contribution in [-0.2, 0) is 9.57 Å². The van der Waals surface area contributed by atoms with Crippen LogP contribution < -0.4 is 11.2 Å². The van der Waals surface area contributed by atoms with Crippen LogP contribution in [0.15, 0.2) is 0 Å². The molecule has 1 aromatic rings. The van der Waals surface area contributed by atoms with Gasteiger partial charge in [0.05, 0.1) is 11.1 Å². The third-order valence-electron chi connectivity index (χ3n) is 3.18. The number of nitrogens with one attached hydrogen (secondary N) is 1. The minimum absolute atomic E-state index is 0.314. The Morgan fingerprint density at radius 3 is 1.92 bits per heavy atom. The number of anilines is 1. The minimum atomic E-state index is -1.92. The predicted molar refractivity (Wildman–Crippen MR) is 83.6 cm³/mol. The molecule has 9 heteroatoms. The Balaban J connectivity index is 2.81. The maximum atomic E-state index is 13.7. The van der Waals surface area contributed by atoms with Crippen molar-refractivity contribution in [3.05, 3.63) is 28.8 Å². The van der Waals surface area contributed by atoms with E-state index in [0.29, 0.717) is 13.0 Å². The Hall–Kier alpha value is -1.87. The molecule has 0 unspecified atom stereocenters. The van der Waals surface area contributed by atoms with Crippen molar-refractivity contribution >= 4 is 11.7 Å². The fourth-order valence-corrected chi connectivity index (χ4v) is 1.73. The molecule has 3 N–H and O–H groups in total. The van der Waals surface area contributed by atoms with E-state index in [1.54, 1.807) is 13.8 Å². The zero-order valence-corrected chi connectivity index (χ0v) is 14.7. The molecule has 0 bridgehead atoms. The number of rotatable bonds is 6. The van der Waals surface area contributed by atoms with Gasteiger partial charge in [0, 0.05) is 6.61 Å². The maximum Gasteiger partial charge on any atom is 0.363 e. The van der Waals surface area contributed by atoms with Crippen LogP contribution in [-0.4, -0.2) is 23.7 Å². The second-order valence-corrected chi connectivity index (χ2v) is 7.13. The Kier molecular flexibility index (Phi) is 6.41. The van der Waals surface area contributed by atoms with E-state index in [-0.39, 0.29) is 5.60 Å². The summed E-state index contributed by atoms with van der Waals surface area (Å²) in [7, 11) is 0. The zero-order chi connectivity index (χ0) is 19.6. The van der Waals surface area contributed by atoms with Crippen LogP contribution >= 0.6 is 0 Å². The molecule has 142 valence electrons. The molecule has 0 aromatic heterocycles. The lowest BCUT2D eigenvalue weighted by atomic mass is 10.0. The monoisotopic (exact) mass is 366 g/mol. The molecule has 0 amide bonds. The van der Waals surface area contributed by atoms with Crippen molar-refractivity contribution in [2.24, 2.45) is 0 Å². The first-order chi connectivity index (χ1) is 11.3. The van der Waals surface area contributed by atoms with E-state index in [1.807, 2.05) is 20.8 Å². The van der Waals surface area contributed by atoms with Gasteiger partial charge in [-0.15, -0.1) is 5.48 Å². The molecule has 0 spiro atoms. The molecule has 0 fully saturated rings. The number of carbonyl (C=O) groups is 1. The van der Waals surface area contributed by atoms with Crippen LogP contribution in [0.4, 0.5) is 23.2 Å². The number of hydrogen-bond acceptors (Lipinski definition) is 5. The minimum Gasteiger partial charge on any atom is -0.394 e. The van der Waals surface area contributed by atoms with E-state index < -0.39 is 46.0 Å². The van der Waals surface area contributed by atoms with E-state index in [2.05, 4.69) is 10.3 Å². The van der Waals surface area contributed by atoms with Gasteiger partial charge in [-0.1, -0.05) is 0 Å². The molecule has 0 aliphatic carbocycles. The van der Waals surface area contributed by atoms with Gasteiger partial charge >= 0.3 is 5.97 Å². The standard InChI is InChI=1S/C16H22F4N2O3/c1-15(2,3)24-7-6-16(4,5)22-25-14(23)8-9(17)11(19)13(21)12(20)10(8)18/h22H,6-7,21H2,1-5H3. The highest BCUT2D eigenvalue weighted by Crippen LogP contribution is 2.26. The molecule has 0 saturated heterocycles. The van der Waals surface area contributed by atoms with Gasteiger partial charge < -0.3 is 15.3 Å². The van der Waals surface area contributed by atoms with Crippen LogP contribution in [0.5, 0.6) is 0 Å². The van der Waals surface area contributed by atoms with Crippen molar-refractivity contribution in [1.82, 2.24) is 5.48 Å². The van der Waals surface area contributed by atoms with Gasteiger partial charge in [0.25, 0.3) is 0 Å². The third kappa shape index (κ3) is 5.57. The summed E-state index contributed by atoms with van der Waals surface area (Å²) in [6, 6.07) is 0. The summed E-state index contributed by atoms with van der Waals surface area (Å²) < 4.78 is 59.7. The van der Waals surface area contributed by atoms with Crippen LogP contribution in [0.3, 0.4) is 0 Å². The molecular formula is C16H22F4N2O3. The lowest BCUT2D eigenvalue weighted by molar-refractivity contribution is -0.0338. The summed E-state index contributed by atoms with van der Waals surface area (Å²) >= 11 is 0. The van der Waals surface area contributed by atoms with Crippen LogP contribution in [0, 0.1) is 23.3 Å². The third-order valence-corrected chi connectivity index (χ3v) is 3.18. The number of ether oxygens (including phenoxy) is 1. The van der Waals surface area contributed by atoms with E-state index in [9.17, 15) is 22.4 Å². The Morgan fingerprint density at radius 1 is 1.00 bits per heavy atom. The maximum absolute atomic E-state index is 13.7. The van der Waals surface area contributed by atoms with Crippen molar-refractivity contribution in [2.45, 2.75) is 52.2 Å². The molecule has 5 nitrogen and oxygen atoms in total. The number of nitrogens with two attached hydrogens (primary N) is 1. The quantitative estimate of drug-likeness (QED) is 0.349. The molecule has 1 aromatic carbocycles. The van der Waals surface area contributed by atoms with Crippen LogP contribution in [0.1, 0.15) is 51.4 Å². The number of benzene rings is 1. The summed E-state index contributed by atoms with van der Waals surface area (Å²) in [6.45, 7) is 9.19. The van der Waals surface area contributed by atoms with Gasteiger partial charge in [-0.3, -0.25) is 0 Å². The number of hydrogen-bond donors (Lipinski definition) is 2. The van der Waals surface area contributed by atoms with E-state index in [1.165, 1.54) is 0 Å². The molecule has 1 rings (SSSR count). The van der Waals surface area contributed by atoms with Gasteiger partial charge in [0.15, 0.2) is 23.3 Å². The number of halogens is 4. The number of nitrogen functional groups attached to an aromatic ring is 1. The largest absolute Gasteiger partial charge is 0.394 e. The number of carbonyl (C=O) groups excluding carboxylic acids is 1. The normalized spacial score (nSPS) is 12.4. The molecule has 0 aliphatic rings. The fraction of sp³-hybridized carbons (Fsp3) is 0.562. The molecule has 0 aliphatic heterocycles. The average molecular weight is 366 g/mol. The smallest absolute Gasteiger partial charge is 0.363 e. The van der Waals surface area contributed by atoms with Crippen molar-refractivity contribution in [3.8, 4) is 0 Å². The molecule has 0 radical (unpaired) electrons. The lowest BCUT2D eigenvalue weighted by Crippen LogP contribution is -2.42. The summed E-state index contributed by atoms with van der Waals surface area (Å²) in [5, 5.41) is 0. The van der Waals surface area contributed by atoms with Gasteiger partial charge in [0.1, 0.15) is 11.3 Å². The summed E-state index contributed by atoms with van der Waals surface area (Å²) in [4.78, 5) is 16.4. The average Bonchev–Trinajstić information content (AvgIpc) is 2.48. The van der Waals surface area contributed by atoms with Gasteiger partial charge in [0.2, 0.25) is 0 Å². The van der Waals surface area contributed by atoms with Gasteiger partial charge in [-0.05, 0) is 41.0 Å². The van der Waals surface area contributed by atoms with Gasteiger partial charge in [-0.25, -0.2) is 22.4 Å². The first kappa shape index (κ1) is 21.2. The van der Waals surface area contributed by atoms with E-state index in [4.69, 9.17) is 10.5 Å². The molecule has 0 atom stereocenters. The Bertz CT molecular complexity index is 629. The fourth-order valence-electron chi connectivity index (χ4n) is 1.73. The first-order valence-electron chi connectivity index (χ1n) is 7.50. The molecule has 0 heterocycles. The Labute approximate surface area is 143 Å². The van der Waals surface area contributed by atoms with E-state index in [0.717, 1.165) is 0 Å². The van der Waals surface area contributed by atoms with Crippen molar-refractivity contribution in [1.29, 1.82) is 0 Å².